The zero-order valence-corrected chi connectivity index (χ0v) is 12.6. The normalized spacial score (nSPS) is 14.5. The number of nitrogens with zero attached hydrogens (tertiary/aromatic N) is 2. The second-order valence-corrected chi connectivity index (χ2v) is 5.00. The van der Waals surface area contributed by atoms with Crippen LogP contribution in [0.1, 0.15) is 51.7 Å². The molecule has 0 aliphatic rings. The van der Waals surface area contributed by atoms with E-state index in [1.54, 1.807) is 7.11 Å². The van der Waals surface area contributed by atoms with E-state index in [2.05, 4.69) is 29.3 Å². The molecule has 0 saturated heterocycles. The molecule has 1 N–H and O–H groups in total. The zero-order valence-electron chi connectivity index (χ0n) is 12.6. The highest BCUT2D eigenvalue weighted by Gasteiger charge is 2.14. The Kier molecular flexibility index (Phi) is 7.67. The molecule has 0 fully saturated rings. The van der Waals surface area contributed by atoms with Gasteiger partial charge in [-0.2, -0.15) is 4.98 Å². The summed E-state index contributed by atoms with van der Waals surface area (Å²) in [5.74, 6) is 1.45. The van der Waals surface area contributed by atoms with Crippen LogP contribution in [0.25, 0.3) is 0 Å². The molecular formula is C14H27N3O2. The maximum atomic E-state index is 5.31. The largest absolute Gasteiger partial charge is 0.381 e. The Morgan fingerprint density at radius 2 is 2.05 bits per heavy atom. The first-order valence-corrected chi connectivity index (χ1v) is 7.27. The molecule has 1 aromatic rings. The molecule has 0 saturated carbocycles. The van der Waals surface area contributed by atoms with Crippen molar-refractivity contribution in [2.24, 2.45) is 0 Å². The third-order valence-corrected chi connectivity index (χ3v) is 3.12. The van der Waals surface area contributed by atoms with Gasteiger partial charge in [-0.3, -0.25) is 0 Å². The monoisotopic (exact) mass is 269 g/mol. The molecule has 5 heteroatoms. The van der Waals surface area contributed by atoms with Gasteiger partial charge in [0.1, 0.15) is 0 Å². The highest BCUT2D eigenvalue weighted by Crippen LogP contribution is 2.08. The number of ether oxygens (including phenoxy) is 1. The fraction of sp³-hybridized carbons (Fsp3) is 0.857. The lowest BCUT2D eigenvalue weighted by molar-refractivity contribution is 0.116. The van der Waals surface area contributed by atoms with Gasteiger partial charge in [0.25, 0.3) is 0 Å². The van der Waals surface area contributed by atoms with Crippen LogP contribution in [0.3, 0.4) is 0 Å². The lowest BCUT2D eigenvalue weighted by atomic mass is 10.1. The van der Waals surface area contributed by atoms with Crippen LogP contribution in [0.4, 0.5) is 0 Å². The minimum atomic E-state index is 0.120. The van der Waals surface area contributed by atoms with E-state index in [0.717, 1.165) is 43.9 Å². The van der Waals surface area contributed by atoms with Crippen LogP contribution in [0.2, 0.25) is 0 Å². The summed E-state index contributed by atoms with van der Waals surface area (Å²) in [7, 11) is 1.69. The summed E-state index contributed by atoms with van der Waals surface area (Å²) >= 11 is 0. The summed E-state index contributed by atoms with van der Waals surface area (Å²) in [6, 6.07) is 0.429. The highest BCUT2D eigenvalue weighted by molar-refractivity contribution is 4.91. The molecule has 1 aromatic heterocycles. The van der Waals surface area contributed by atoms with Gasteiger partial charge in [-0.25, -0.2) is 0 Å². The first kappa shape index (κ1) is 16.1. The number of aromatic nitrogens is 2. The van der Waals surface area contributed by atoms with Crippen LogP contribution in [-0.4, -0.2) is 35.9 Å². The van der Waals surface area contributed by atoms with Crippen molar-refractivity contribution in [2.75, 3.05) is 13.7 Å². The summed E-state index contributed by atoms with van der Waals surface area (Å²) in [6.45, 7) is 7.40. The number of nitrogens with one attached hydrogen (secondary N) is 1. The van der Waals surface area contributed by atoms with Crippen LogP contribution in [0, 0.1) is 0 Å². The Balaban J connectivity index is 2.49. The molecule has 0 aromatic carbocycles. The standard InChI is InChI=1S/C14H27N3O2/c1-5-7-12(15-8-6-2)10-14-16-13(17-19-14)9-11(3)18-4/h11-12,15H,5-10H2,1-4H3. The molecule has 110 valence electrons. The van der Waals surface area contributed by atoms with E-state index in [0.29, 0.717) is 12.5 Å². The second kappa shape index (κ2) is 9.04. The fourth-order valence-corrected chi connectivity index (χ4v) is 1.98. The van der Waals surface area contributed by atoms with E-state index in [-0.39, 0.29) is 6.10 Å². The molecule has 2 unspecified atom stereocenters. The smallest absolute Gasteiger partial charge is 0.228 e. The van der Waals surface area contributed by atoms with Crippen LogP contribution in [-0.2, 0) is 17.6 Å². The molecule has 1 rings (SSSR count). The molecule has 0 radical (unpaired) electrons. The first-order chi connectivity index (χ1) is 9.19. The average Bonchev–Trinajstić information content (AvgIpc) is 2.83. The van der Waals surface area contributed by atoms with Crippen LogP contribution in [0.15, 0.2) is 4.52 Å². The summed E-state index contributed by atoms with van der Waals surface area (Å²) in [5.41, 5.74) is 0. The van der Waals surface area contributed by atoms with Crippen molar-refractivity contribution in [3.05, 3.63) is 11.7 Å². The van der Waals surface area contributed by atoms with Crippen LogP contribution >= 0.6 is 0 Å². The van der Waals surface area contributed by atoms with Gasteiger partial charge in [0.2, 0.25) is 5.89 Å². The maximum Gasteiger partial charge on any atom is 0.228 e. The van der Waals surface area contributed by atoms with Crippen molar-refractivity contribution in [3.63, 3.8) is 0 Å². The van der Waals surface area contributed by atoms with Crippen molar-refractivity contribution in [1.82, 2.24) is 15.5 Å². The van der Waals surface area contributed by atoms with Gasteiger partial charge in [-0.1, -0.05) is 25.4 Å². The second-order valence-electron chi connectivity index (χ2n) is 5.00. The summed E-state index contributed by atoms with van der Waals surface area (Å²) in [4.78, 5) is 4.43. The lowest BCUT2D eigenvalue weighted by Crippen LogP contribution is -2.31. The van der Waals surface area contributed by atoms with Gasteiger partial charge < -0.3 is 14.6 Å². The topological polar surface area (TPSA) is 60.2 Å². The highest BCUT2D eigenvalue weighted by atomic mass is 16.5. The average molecular weight is 269 g/mol. The molecular weight excluding hydrogens is 242 g/mol. The van der Waals surface area contributed by atoms with E-state index in [4.69, 9.17) is 9.26 Å². The Morgan fingerprint density at radius 1 is 1.26 bits per heavy atom. The van der Waals surface area contributed by atoms with Gasteiger partial charge in [-0.05, 0) is 26.3 Å². The number of hydrogen-bond donors (Lipinski definition) is 1. The lowest BCUT2D eigenvalue weighted by Gasteiger charge is -2.15. The summed E-state index contributed by atoms with van der Waals surface area (Å²) < 4.78 is 10.5. The maximum absolute atomic E-state index is 5.31. The number of hydrogen-bond acceptors (Lipinski definition) is 5. The Hall–Kier alpha value is -0.940. The first-order valence-electron chi connectivity index (χ1n) is 7.27. The zero-order chi connectivity index (χ0) is 14.1. The van der Waals surface area contributed by atoms with E-state index < -0.39 is 0 Å². The molecule has 5 nitrogen and oxygen atoms in total. The molecule has 0 spiro atoms. The fourth-order valence-electron chi connectivity index (χ4n) is 1.98. The summed E-state index contributed by atoms with van der Waals surface area (Å²) in [6.07, 6.45) is 5.05. The molecule has 0 bridgehead atoms. The molecule has 0 aliphatic carbocycles. The van der Waals surface area contributed by atoms with Crippen molar-refractivity contribution < 1.29 is 9.26 Å². The number of rotatable bonds is 10. The van der Waals surface area contributed by atoms with E-state index in [1.165, 1.54) is 0 Å². The third kappa shape index (κ3) is 6.16. The molecule has 19 heavy (non-hydrogen) atoms. The Bertz CT molecular complexity index is 341. The summed E-state index contributed by atoms with van der Waals surface area (Å²) in [5, 5.41) is 7.53. The molecule has 0 aliphatic heterocycles. The molecule has 1 heterocycles. The van der Waals surface area contributed by atoms with Crippen LogP contribution in [0.5, 0.6) is 0 Å². The molecule has 0 amide bonds. The van der Waals surface area contributed by atoms with Crippen molar-refractivity contribution in [1.29, 1.82) is 0 Å². The minimum absolute atomic E-state index is 0.120. The van der Waals surface area contributed by atoms with Crippen LogP contribution < -0.4 is 5.32 Å². The minimum Gasteiger partial charge on any atom is -0.381 e. The van der Waals surface area contributed by atoms with Gasteiger partial charge in [0, 0.05) is 26.0 Å². The number of methoxy groups -OCH3 is 1. The van der Waals surface area contributed by atoms with Gasteiger partial charge in [0.15, 0.2) is 5.82 Å². The van der Waals surface area contributed by atoms with Crippen molar-refractivity contribution in [3.8, 4) is 0 Å². The van der Waals surface area contributed by atoms with E-state index >= 15 is 0 Å². The predicted octanol–water partition coefficient (Wildman–Crippen LogP) is 2.36. The van der Waals surface area contributed by atoms with Crippen molar-refractivity contribution in [2.45, 2.75) is 65.0 Å². The quantitative estimate of drug-likeness (QED) is 0.706. The third-order valence-electron chi connectivity index (χ3n) is 3.12. The van der Waals surface area contributed by atoms with Gasteiger partial charge >= 0.3 is 0 Å². The van der Waals surface area contributed by atoms with Crippen molar-refractivity contribution >= 4 is 0 Å². The van der Waals surface area contributed by atoms with Gasteiger partial charge in [-0.15, -0.1) is 0 Å². The molecule has 2 atom stereocenters. The van der Waals surface area contributed by atoms with E-state index in [9.17, 15) is 0 Å². The Morgan fingerprint density at radius 3 is 2.68 bits per heavy atom. The van der Waals surface area contributed by atoms with Gasteiger partial charge in [0.05, 0.1) is 6.10 Å². The SMILES string of the molecule is CCCNC(CCC)Cc1nc(CC(C)OC)no1. The predicted molar refractivity (Wildman–Crippen MR) is 75.2 cm³/mol. The Labute approximate surface area is 116 Å². The van der Waals surface area contributed by atoms with E-state index in [1.807, 2.05) is 6.92 Å².